The number of benzene rings is 2. The number of aryl methyl sites for hydroxylation is 1. The Morgan fingerprint density at radius 1 is 1.00 bits per heavy atom. The second kappa shape index (κ2) is 8.52. The highest BCUT2D eigenvalue weighted by molar-refractivity contribution is 6.31. The maximum atomic E-state index is 13.5. The summed E-state index contributed by atoms with van der Waals surface area (Å²) in [7, 11) is 1.60. The first-order valence-electron chi connectivity index (χ1n) is 11.0. The van der Waals surface area contributed by atoms with Crippen molar-refractivity contribution < 1.29 is 14.3 Å². The Bertz CT molecular complexity index is 1260. The Kier molecular flexibility index (Phi) is 5.54. The fourth-order valence-corrected chi connectivity index (χ4v) is 5.32. The lowest BCUT2D eigenvalue weighted by atomic mass is 9.77. The van der Waals surface area contributed by atoms with Crippen LogP contribution in [0, 0.1) is 6.92 Å². The molecule has 3 aromatic rings. The lowest BCUT2D eigenvalue weighted by Crippen LogP contribution is -2.40. The Labute approximate surface area is 197 Å². The van der Waals surface area contributed by atoms with Crippen molar-refractivity contribution >= 4 is 29.0 Å². The number of ketones is 1. The first kappa shape index (κ1) is 21.5. The molecule has 6 nitrogen and oxygen atoms in total. The van der Waals surface area contributed by atoms with E-state index in [2.05, 4.69) is 5.10 Å². The molecule has 1 aromatic heterocycles. The number of para-hydroxylation sites is 1. The summed E-state index contributed by atoms with van der Waals surface area (Å²) in [5.74, 6) is 0.335. The van der Waals surface area contributed by atoms with E-state index in [4.69, 9.17) is 16.3 Å². The molecule has 1 unspecified atom stereocenters. The average Bonchev–Trinajstić information content (AvgIpc) is 3.13. The summed E-state index contributed by atoms with van der Waals surface area (Å²) in [5.41, 5.74) is 4.53. The fourth-order valence-electron chi connectivity index (χ4n) is 4.92. The Morgan fingerprint density at radius 3 is 2.42 bits per heavy atom. The molecule has 0 saturated carbocycles. The second-order valence-corrected chi connectivity index (χ2v) is 8.72. The standard InChI is InChI=1S/C26H24ClN3O3/c1-16-24(26(27)30(28-16)18-7-4-3-5-8-18)20-15-23(32)29(17-11-13-19(33-2)14-12-17)21-9-6-10-22(31)25(20)21/h3-5,7-8,11-14,20H,6,9-10,15H2,1-2H3. The van der Waals surface area contributed by atoms with Gasteiger partial charge in [-0.1, -0.05) is 29.8 Å². The van der Waals surface area contributed by atoms with Gasteiger partial charge in [0.05, 0.1) is 18.5 Å². The third-order valence-corrected chi connectivity index (χ3v) is 6.77. The zero-order chi connectivity index (χ0) is 23.1. The molecule has 1 atom stereocenters. The van der Waals surface area contributed by atoms with Crippen LogP contribution in [0.4, 0.5) is 5.69 Å². The Hall–Kier alpha value is -3.38. The quantitative estimate of drug-likeness (QED) is 0.524. The number of carbonyl (C=O) groups excluding carboxylic acids is 2. The number of allylic oxidation sites excluding steroid dienone is 2. The van der Waals surface area contributed by atoms with E-state index in [9.17, 15) is 9.59 Å². The summed E-state index contributed by atoms with van der Waals surface area (Å²) in [4.78, 5) is 28.4. The SMILES string of the molecule is COc1ccc(N2C(=O)CC(c3c(C)nn(-c4ccccc4)c3Cl)C3=C2CCCC3=O)cc1. The third kappa shape index (κ3) is 3.64. The van der Waals surface area contributed by atoms with E-state index in [1.807, 2.05) is 61.5 Å². The molecule has 1 aliphatic carbocycles. The Morgan fingerprint density at radius 2 is 1.73 bits per heavy atom. The van der Waals surface area contributed by atoms with Gasteiger partial charge in [-0.3, -0.25) is 14.5 Å². The lowest BCUT2D eigenvalue weighted by Gasteiger charge is -2.38. The average molecular weight is 462 g/mol. The minimum atomic E-state index is -0.403. The number of anilines is 1. The van der Waals surface area contributed by atoms with Crippen molar-refractivity contribution in [1.29, 1.82) is 0 Å². The molecular formula is C26H24ClN3O3. The molecule has 1 amide bonds. The molecule has 1 aliphatic heterocycles. The normalized spacial score (nSPS) is 18.5. The van der Waals surface area contributed by atoms with Crippen LogP contribution in [0.5, 0.6) is 5.75 Å². The van der Waals surface area contributed by atoms with Crippen molar-refractivity contribution in [3.05, 3.63) is 82.3 Å². The number of hydrogen-bond donors (Lipinski definition) is 0. The number of hydrogen-bond acceptors (Lipinski definition) is 4. The Balaban J connectivity index is 1.64. The maximum Gasteiger partial charge on any atom is 0.232 e. The predicted octanol–water partition coefficient (Wildman–Crippen LogP) is 5.37. The molecule has 33 heavy (non-hydrogen) atoms. The van der Waals surface area contributed by atoms with E-state index in [-0.39, 0.29) is 18.1 Å². The molecule has 5 rings (SSSR count). The number of nitrogens with zero attached hydrogens (tertiary/aromatic N) is 3. The third-order valence-electron chi connectivity index (χ3n) is 6.40. The molecule has 0 saturated heterocycles. The number of halogens is 1. The van der Waals surface area contributed by atoms with Gasteiger partial charge in [0.15, 0.2) is 5.78 Å². The van der Waals surface area contributed by atoms with Gasteiger partial charge >= 0.3 is 0 Å². The maximum absolute atomic E-state index is 13.5. The zero-order valence-electron chi connectivity index (χ0n) is 18.5. The molecular weight excluding hydrogens is 438 g/mol. The first-order valence-corrected chi connectivity index (χ1v) is 11.4. The second-order valence-electron chi connectivity index (χ2n) is 8.36. The highest BCUT2D eigenvalue weighted by atomic mass is 35.5. The number of aromatic nitrogens is 2. The van der Waals surface area contributed by atoms with Crippen LogP contribution in [0.25, 0.3) is 5.69 Å². The van der Waals surface area contributed by atoms with Gasteiger partial charge in [-0.2, -0.15) is 5.10 Å². The summed E-state index contributed by atoms with van der Waals surface area (Å²) >= 11 is 6.84. The summed E-state index contributed by atoms with van der Waals surface area (Å²) < 4.78 is 6.93. The van der Waals surface area contributed by atoms with Crippen LogP contribution >= 0.6 is 11.6 Å². The van der Waals surface area contributed by atoms with Crippen molar-refractivity contribution in [2.45, 2.75) is 38.5 Å². The molecule has 0 radical (unpaired) electrons. The first-order chi connectivity index (χ1) is 16.0. The van der Waals surface area contributed by atoms with Crippen LogP contribution in [-0.2, 0) is 9.59 Å². The van der Waals surface area contributed by atoms with Crippen molar-refractivity contribution in [1.82, 2.24) is 9.78 Å². The van der Waals surface area contributed by atoms with Crippen molar-refractivity contribution in [3.8, 4) is 11.4 Å². The van der Waals surface area contributed by atoms with Crippen LogP contribution < -0.4 is 9.64 Å². The van der Waals surface area contributed by atoms with Gasteiger partial charge in [0, 0.05) is 41.3 Å². The van der Waals surface area contributed by atoms with E-state index in [0.29, 0.717) is 29.3 Å². The molecule has 0 spiro atoms. The number of rotatable bonds is 4. The summed E-state index contributed by atoms with van der Waals surface area (Å²) in [6, 6.07) is 17.0. The van der Waals surface area contributed by atoms with Gasteiger partial charge in [0.2, 0.25) is 5.91 Å². The highest BCUT2D eigenvalue weighted by Gasteiger charge is 2.42. The minimum absolute atomic E-state index is 0.0541. The smallest absolute Gasteiger partial charge is 0.232 e. The van der Waals surface area contributed by atoms with Crippen molar-refractivity contribution in [2.75, 3.05) is 12.0 Å². The van der Waals surface area contributed by atoms with Crippen LogP contribution in [0.1, 0.15) is 42.9 Å². The topological polar surface area (TPSA) is 64.4 Å². The predicted molar refractivity (Wildman–Crippen MR) is 127 cm³/mol. The number of methoxy groups -OCH3 is 1. The molecule has 0 N–H and O–H groups in total. The van der Waals surface area contributed by atoms with Crippen LogP contribution in [-0.4, -0.2) is 28.6 Å². The molecule has 7 heteroatoms. The van der Waals surface area contributed by atoms with Crippen LogP contribution in [0.15, 0.2) is 65.9 Å². The van der Waals surface area contributed by atoms with Crippen molar-refractivity contribution in [2.24, 2.45) is 0 Å². The molecule has 2 heterocycles. The number of amides is 1. The molecule has 0 fully saturated rings. The molecule has 0 bridgehead atoms. The molecule has 2 aromatic carbocycles. The van der Waals surface area contributed by atoms with Gasteiger partial charge < -0.3 is 4.74 Å². The number of Topliss-reactive ketones (excluding diaryl/α,β-unsaturated/α-hetero) is 1. The van der Waals surface area contributed by atoms with E-state index in [1.165, 1.54) is 0 Å². The highest BCUT2D eigenvalue weighted by Crippen LogP contribution is 2.46. The number of ether oxygens (including phenoxy) is 1. The van der Waals surface area contributed by atoms with Gasteiger partial charge in [0.25, 0.3) is 0 Å². The van der Waals surface area contributed by atoms with Crippen LogP contribution in [0.2, 0.25) is 5.15 Å². The van der Waals surface area contributed by atoms with Crippen LogP contribution in [0.3, 0.4) is 0 Å². The summed E-state index contributed by atoms with van der Waals surface area (Å²) in [5, 5.41) is 5.10. The molecule has 2 aliphatic rings. The van der Waals surface area contributed by atoms with E-state index < -0.39 is 5.92 Å². The lowest BCUT2D eigenvalue weighted by molar-refractivity contribution is -0.119. The van der Waals surface area contributed by atoms with Gasteiger partial charge in [-0.05, 0) is 56.2 Å². The number of carbonyl (C=O) groups is 2. The van der Waals surface area contributed by atoms with E-state index in [1.54, 1.807) is 16.7 Å². The van der Waals surface area contributed by atoms with E-state index in [0.717, 1.165) is 34.8 Å². The van der Waals surface area contributed by atoms with Gasteiger partial charge in [-0.25, -0.2) is 4.68 Å². The summed E-state index contributed by atoms with van der Waals surface area (Å²) in [6.07, 6.45) is 2.03. The van der Waals surface area contributed by atoms with Gasteiger partial charge in [0.1, 0.15) is 10.9 Å². The molecule has 168 valence electrons. The monoisotopic (exact) mass is 461 g/mol. The van der Waals surface area contributed by atoms with Crippen molar-refractivity contribution in [3.63, 3.8) is 0 Å². The minimum Gasteiger partial charge on any atom is -0.497 e. The fraction of sp³-hybridized carbons (Fsp3) is 0.269. The van der Waals surface area contributed by atoms with Gasteiger partial charge in [-0.15, -0.1) is 0 Å². The largest absolute Gasteiger partial charge is 0.497 e. The van der Waals surface area contributed by atoms with E-state index >= 15 is 0 Å². The summed E-state index contributed by atoms with van der Waals surface area (Å²) in [6.45, 7) is 1.88. The zero-order valence-corrected chi connectivity index (χ0v) is 19.3.